The molecular formula is C28H25NO4. The molecule has 0 fully saturated rings. The fourth-order valence-corrected chi connectivity index (χ4v) is 4.49. The minimum Gasteiger partial charge on any atom is -0.497 e. The zero-order valence-electron chi connectivity index (χ0n) is 19.1. The van der Waals surface area contributed by atoms with Gasteiger partial charge in [0, 0.05) is 5.69 Å². The lowest BCUT2D eigenvalue weighted by Gasteiger charge is -2.25. The van der Waals surface area contributed by atoms with Crippen LogP contribution in [-0.2, 0) is 6.42 Å². The predicted molar refractivity (Wildman–Crippen MR) is 129 cm³/mol. The highest BCUT2D eigenvalue weighted by Gasteiger charge is 2.43. The van der Waals surface area contributed by atoms with Crippen LogP contribution in [0.1, 0.15) is 51.3 Å². The number of aryl methyl sites for hydroxylation is 3. The van der Waals surface area contributed by atoms with Crippen LogP contribution in [0.15, 0.2) is 69.9 Å². The van der Waals surface area contributed by atoms with E-state index in [2.05, 4.69) is 6.92 Å². The van der Waals surface area contributed by atoms with Crippen LogP contribution < -0.4 is 15.1 Å². The van der Waals surface area contributed by atoms with Gasteiger partial charge in [0.15, 0.2) is 5.43 Å². The van der Waals surface area contributed by atoms with Crippen molar-refractivity contribution in [1.82, 2.24) is 0 Å². The first kappa shape index (κ1) is 21.0. The summed E-state index contributed by atoms with van der Waals surface area (Å²) in [7, 11) is 1.61. The second kappa shape index (κ2) is 7.93. The lowest BCUT2D eigenvalue weighted by atomic mass is 9.97. The summed E-state index contributed by atoms with van der Waals surface area (Å²) in [5, 5.41) is 0.492. The molecule has 2 heterocycles. The highest BCUT2D eigenvalue weighted by Crippen LogP contribution is 2.41. The van der Waals surface area contributed by atoms with E-state index in [9.17, 15) is 9.59 Å². The maximum absolute atomic E-state index is 13.7. The quantitative estimate of drug-likeness (QED) is 0.407. The molecule has 0 bridgehead atoms. The monoisotopic (exact) mass is 439 g/mol. The Morgan fingerprint density at radius 2 is 1.61 bits per heavy atom. The number of anilines is 1. The van der Waals surface area contributed by atoms with E-state index in [-0.39, 0.29) is 17.1 Å². The zero-order chi connectivity index (χ0) is 23.3. The van der Waals surface area contributed by atoms with Crippen molar-refractivity contribution >= 4 is 22.6 Å². The average molecular weight is 440 g/mol. The summed E-state index contributed by atoms with van der Waals surface area (Å²) in [6, 6.07) is 18.4. The Kier molecular flexibility index (Phi) is 5.05. The molecule has 1 atom stereocenters. The summed E-state index contributed by atoms with van der Waals surface area (Å²) < 4.78 is 11.4. The van der Waals surface area contributed by atoms with Gasteiger partial charge in [0.05, 0.1) is 24.1 Å². The second-order valence-corrected chi connectivity index (χ2v) is 8.48. The lowest BCUT2D eigenvalue weighted by Crippen LogP contribution is -2.29. The Balaban J connectivity index is 1.77. The zero-order valence-corrected chi connectivity index (χ0v) is 19.1. The Hall–Kier alpha value is -3.86. The summed E-state index contributed by atoms with van der Waals surface area (Å²) in [4.78, 5) is 29.1. The molecule has 1 amide bonds. The van der Waals surface area contributed by atoms with Crippen LogP contribution in [0.4, 0.5) is 5.69 Å². The van der Waals surface area contributed by atoms with Crippen molar-refractivity contribution in [2.24, 2.45) is 0 Å². The summed E-state index contributed by atoms with van der Waals surface area (Å²) in [5.74, 6) is 0.502. The Bertz CT molecular complexity index is 1430. The van der Waals surface area contributed by atoms with E-state index < -0.39 is 6.04 Å². The lowest BCUT2D eigenvalue weighted by molar-refractivity contribution is 0.0971. The fourth-order valence-electron chi connectivity index (χ4n) is 4.49. The summed E-state index contributed by atoms with van der Waals surface area (Å²) >= 11 is 0. The van der Waals surface area contributed by atoms with Gasteiger partial charge in [-0.05, 0) is 78.9 Å². The van der Waals surface area contributed by atoms with Crippen molar-refractivity contribution < 1.29 is 13.9 Å². The van der Waals surface area contributed by atoms with Crippen molar-refractivity contribution in [2.45, 2.75) is 33.2 Å². The SMILES string of the molecule is CCc1ccc(N2C(=O)c3oc4cc(C)c(C)cc4c(=O)c3C2c2ccc(OC)cc2)cc1. The number of amides is 1. The number of hydrogen-bond donors (Lipinski definition) is 0. The molecule has 0 spiro atoms. The van der Waals surface area contributed by atoms with E-state index in [0.717, 1.165) is 28.8 Å². The molecular weight excluding hydrogens is 414 g/mol. The van der Waals surface area contributed by atoms with Gasteiger partial charge in [-0.1, -0.05) is 31.2 Å². The van der Waals surface area contributed by atoms with E-state index >= 15 is 0 Å². The number of rotatable bonds is 4. The largest absolute Gasteiger partial charge is 0.497 e. The van der Waals surface area contributed by atoms with Gasteiger partial charge in [-0.15, -0.1) is 0 Å². The summed E-state index contributed by atoms with van der Waals surface area (Å²) in [6.07, 6.45) is 0.903. The van der Waals surface area contributed by atoms with Crippen LogP contribution in [-0.4, -0.2) is 13.0 Å². The molecule has 1 aromatic heterocycles. The van der Waals surface area contributed by atoms with Gasteiger partial charge in [0.2, 0.25) is 5.76 Å². The van der Waals surface area contributed by atoms with Crippen LogP contribution in [0.2, 0.25) is 0 Å². The number of nitrogens with zero attached hydrogens (tertiary/aromatic N) is 1. The van der Waals surface area contributed by atoms with Crippen LogP contribution >= 0.6 is 0 Å². The van der Waals surface area contributed by atoms with Crippen molar-refractivity contribution in [3.63, 3.8) is 0 Å². The number of methoxy groups -OCH3 is 1. The third-order valence-electron chi connectivity index (χ3n) is 6.54. The number of hydrogen-bond acceptors (Lipinski definition) is 4. The van der Waals surface area contributed by atoms with Gasteiger partial charge in [-0.25, -0.2) is 0 Å². The van der Waals surface area contributed by atoms with Crippen LogP contribution in [0.3, 0.4) is 0 Å². The van der Waals surface area contributed by atoms with Gasteiger partial charge in [-0.3, -0.25) is 14.5 Å². The van der Waals surface area contributed by atoms with Crippen molar-refractivity contribution in [3.05, 3.63) is 104 Å². The number of carbonyl (C=O) groups is 1. The first-order valence-corrected chi connectivity index (χ1v) is 11.1. The molecule has 1 aliphatic heterocycles. The molecule has 3 aromatic carbocycles. The number of ether oxygens (including phenoxy) is 1. The maximum atomic E-state index is 13.7. The van der Waals surface area contributed by atoms with Crippen LogP contribution in [0, 0.1) is 13.8 Å². The first-order chi connectivity index (χ1) is 15.9. The van der Waals surface area contributed by atoms with Gasteiger partial charge < -0.3 is 9.15 Å². The molecule has 5 rings (SSSR count). The highest BCUT2D eigenvalue weighted by atomic mass is 16.5. The Morgan fingerprint density at radius 3 is 2.24 bits per heavy atom. The maximum Gasteiger partial charge on any atom is 0.295 e. The molecule has 33 heavy (non-hydrogen) atoms. The van der Waals surface area contributed by atoms with Crippen molar-refractivity contribution in [3.8, 4) is 5.75 Å². The minimum absolute atomic E-state index is 0.108. The van der Waals surface area contributed by atoms with Crippen molar-refractivity contribution in [1.29, 1.82) is 0 Å². The van der Waals surface area contributed by atoms with E-state index in [4.69, 9.17) is 9.15 Å². The summed E-state index contributed by atoms with van der Waals surface area (Å²) in [5.41, 5.74) is 5.37. The Morgan fingerprint density at radius 1 is 0.939 bits per heavy atom. The molecule has 166 valence electrons. The third-order valence-corrected chi connectivity index (χ3v) is 6.54. The van der Waals surface area contributed by atoms with E-state index in [1.165, 1.54) is 5.56 Å². The molecule has 1 unspecified atom stereocenters. The smallest absolute Gasteiger partial charge is 0.295 e. The van der Waals surface area contributed by atoms with Gasteiger partial charge in [0.1, 0.15) is 11.3 Å². The highest BCUT2D eigenvalue weighted by molar-refractivity contribution is 6.10. The van der Waals surface area contributed by atoms with Crippen LogP contribution in [0.5, 0.6) is 5.75 Å². The number of carbonyl (C=O) groups excluding carboxylic acids is 1. The number of benzene rings is 3. The van der Waals surface area contributed by atoms with Crippen molar-refractivity contribution in [2.75, 3.05) is 12.0 Å². The molecule has 5 nitrogen and oxygen atoms in total. The van der Waals surface area contributed by atoms with Gasteiger partial charge in [-0.2, -0.15) is 0 Å². The molecule has 4 aromatic rings. The third kappa shape index (κ3) is 3.32. The molecule has 0 aliphatic carbocycles. The second-order valence-electron chi connectivity index (χ2n) is 8.48. The Labute approximate surface area is 192 Å². The summed E-state index contributed by atoms with van der Waals surface area (Å²) in [6.45, 7) is 6.02. The standard InChI is InChI=1S/C28H25NO4/c1-5-18-6-10-20(11-7-18)29-25(19-8-12-21(32-4)13-9-19)24-26(30)22-14-16(2)17(3)15-23(22)33-27(24)28(29)31/h6-15,25H,5H2,1-4H3. The molecule has 1 aliphatic rings. The van der Waals surface area contributed by atoms with Gasteiger partial charge in [0.25, 0.3) is 5.91 Å². The normalized spacial score (nSPS) is 15.2. The fraction of sp³-hybridized carbons (Fsp3) is 0.214. The minimum atomic E-state index is -0.590. The topological polar surface area (TPSA) is 59.8 Å². The molecule has 0 N–H and O–H groups in total. The van der Waals surface area contributed by atoms with E-state index in [1.807, 2.05) is 74.5 Å². The van der Waals surface area contributed by atoms with Crippen LogP contribution in [0.25, 0.3) is 11.0 Å². The van der Waals surface area contributed by atoms with E-state index in [1.54, 1.807) is 12.0 Å². The number of fused-ring (bicyclic) bond motifs is 2. The molecule has 0 saturated heterocycles. The average Bonchev–Trinajstić information content (AvgIpc) is 3.13. The first-order valence-electron chi connectivity index (χ1n) is 11.1. The molecule has 0 saturated carbocycles. The molecule has 5 heteroatoms. The predicted octanol–water partition coefficient (Wildman–Crippen LogP) is 5.73. The van der Waals surface area contributed by atoms with E-state index in [0.29, 0.717) is 22.3 Å². The van der Waals surface area contributed by atoms with Gasteiger partial charge >= 0.3 is 0 Å². The molecule has 0 radical (unpaired) electrons.